The molecule has 96 valence electrons. The summed E-state index contributed by atoms with van der Waals surface area (Å²) in [5, 5.41) is 2.39. The molecule has 0 bridgehead atoms. The molecule has 0 fully saturated rings. The summed E-state index contributed by atoms with van der Waals surface area (Å²) in [4.78, 5) is 1.11. The Kier molecular flexibility index (Phi) is 5.30. The van der Waals surface area contributed by atoms with E-state index in [1.54, 1.807) is 37.9 Å². The second kappa shape index (κ2) is 6.28. The molecule has 0 saturated heterocycles. The van der Waals surface area contributed by atoms with Gasteiger partial charge in [0, 0.05) is 17.1 Å². The average molecular weight is 274 g/mol. The molecule has 0 aliphatic heterocycles. The van der Waals surface area contributed by atoms with Gasteiger partial charge in [-0.05, 0) is 44.5 Å². The number of anilines is 1. The van der Waals surface area contributed by atoms with Crippen LogP contribution in [0.5, 0.6) is 0 Å². The van der Waals surface area contributed by atoms with Crippen molar-refractivity contribution in [3.05, 3.63) is 24.3 Å². The van der Waals surface area contributed by atoms with Gasteiger partial charge in [0.15, 0.2) is 0 Å². The maximum atomic E-state index is 11.9. The minimum Gasteiger partial charge on any atom is -0.318 e. The van der Waals surface area contributed by atoms with Crippen molar-refractivity contribution in [1.29, 1.82) is 0 Å². The molecule has 4 nitrogen and oxygen atoms in total. The van der Waals surface area contributed by atoms with E-state index in [2.05, 4.69) is 10.0 Å². The maximum Gasteiger partial charge on any atom is 0.236 e. The highest BCUT2D eigenvalue weighted by atomic mass is 32.2. The Morgan fingerprint density at radius 3 is 2.35 bits per heavy atom. The molecule has 1 aromatic rings. The summed E-state index contributed by atoms with van der Waals surface area (Å²) < 4.78 is 26.4. The summed E-state index contributed by atoms with van der Waals surface area (Å²) >= 11 is 1.62. The number of rotatable bonds is 6. The predicted octanol–water partition coefficient (Wildman–Crippen LogP) is 1.76. The van der Waals surface area contributed by atoms with Gasteiger partial charge in [-0.1, -0.05) is 0 Å². The molecule has 0 aliphatic carbocycles. The zero-order valence-corrected chi connectivity index (χ0v) is 11.9. The van der Waals surface area contributed by atoms with Crippen LogP contribution < -0.4 is 10.0 Å². The van der Waals surface area contributed by atoms with E-state index < -0.39 is 15.3 Å². The van der Waals surface area contributed by atoms with Crippen LogP contribution in [0.4, 0.5) is 5.69 Å². The van der Waals surface area contributed by atoms with Gasteiger partial charge in [-0.15, -0.1) is 11.8 Å². The van der Waals surface area contributed by atoms with Crippen molar-refractivity contribution in [2.45, 2.75) is 17.1 Å². The van der Waals surface area contributed by atoms with Gasteiger partial charge < -0.3 is 5.32 Å². The van der Waals surface area contributed by atoms with E-state index in [0.717, 1.165) is 4.90 Å². The normalized spacial score (nSPS) is 13.4. The first-order valence-corrected chi connectivity index (χ1v) is 8.07. The maximum absolute atomic E-state index is 11.9. The summed E-state index contributed by atoms with van der Waals surface area (Å²) in [5.41, 5.74) is 0.603. The Bertz CT molecular complexity index is 443. The second-order valence-electron chi connectivity index (χ2n) is 3.74. The van der Waals surface area contributed by atoms with Crippen molar-refractivity contribution in [3.8, 4) is 0 Å². The van der Waals surface area contributed by atoms with Gasteiger partial charge in [0.1, 0.15) is 0 Å². The Morgan fingerprint density at radius 1 is 1.29 bits per heavy atom. The van der Waals surface area contributed by atoms with Crippen molar-refractivity contribution in [2.24, 2.45) is 0 Å². The molecule has 0 heterocycles. The standard InChI is InChI=1S/C11H18N2O2S2/c1-9(8-12-2)17(14,15)13-10-4-6-11(16-3)7-5-10/h4-7,9,12-13H,8H2,1-3H3. The van der Waals surface area contributed by atoms with Crippen LogP contribution in [0.25, 0.3) is 0 Å². The van der Waals surface area contributed by atoms with Crippen LogP contribution in [-0.2, 0) is 10.0 Å². The summed E-state index contributed by atoms with van der Waals surface area (Å²) in [5.74, 6) is 0. The van der Waals surface area contributed by atoms with Gasteiger partial charge in [-0.2, -0.15) is 0 Å². The molecular formula is C11H18N2O2S2. The Morgan fingerprint density at radius 2 is 1.88 bits per heavy atom. The third kappa shape index (κ3) is 4.22. The van der Waals surface area contributed by atoms with E-state index in [-0.39, 0.29) is 0 Å². The van der Waals surface area contributed by atoms with Crippen molar-refractivity contribution in [3.63, 3.8) is 0 Å². The Labute approximate surface area is 107 Å². The van der Waals surface area contributed by atoms with E-state index in [4.69, 9.17) is 0 Å². The lowest BCUT2D eigenvalue weighted by Crippen LogP contribution is -2.33. The van der Waals surface area contributed by atoms with Gasteiger partial charge in [0.05, 0.1) is 5.25 Å². The number of thioether (sulfide) groups is 1. The summed E-state index contributed by atoms with van der Waals surface area (Å²) in [6, 6.07) is 7.33. The molecule has 0 aromatic heterocycles. The largest absolute Gasteiger partial charge is 0.318 e. The molecule has 1 rings (SSSR count). The topological polar surface area (TPSA) is 58.2 Å². The Hall–Kier alpha value is -0.720. The van der Waals surface area contributed by atoms with E-state index in [9.17, 15) is 8.42 Å². The zero-order valence-electron chi connectivity index (χ0n) is 10.2. The third-order valence-corrected chi connectivity index (χ3v) is 4.86. The van der Waals surface area contributed by atoms with Crippen LogP contribution in [0, 0.1) is 0 Å². The first kappa shape index (κ1) is 14.3. The summed E-state index contributed by atoms with van der Waals surface area (Å²) in [6.45, 7) is 2.10. The van der Waals surface area contributed by atoms with Crippen molar-refractivity contribution >= 4 is 27.5 Å². The zero-order chi connectivity index (χ0) is 12.9. The minimum absolute atomic E-state index is 0.429. The lowest BCUT2D eigenvalue weighted by molar-refractivity contribution is 0.584. The smallest absolute Gasteiger partial charge is 0.236 e. The van der Waals surface area contributed by atoms with E-state index in [1.165, 1.54) is 0 Å². The van der Waals surface area contributed by atoms with Crippen LogP contribution in [0.2, 0.25) is 0 Å². The molecule has 0 spiro atoms. The Balaban J connectivity index is 2.75. The van der Waals surface area contributed by atoms with E-state index in [1.807, 2.05) is 18.4 Å². The number of hydrogen-bond acceptors (Lipinski definition) is 4. The van der Waals surface area contributed by atoms with Gasteiger partial charge in [0.25, 0.3) is 0 Å². The molecule has 0 saturated carbocycles. The van der Waals surface area contributed by atoms with Gasteiger partial charge >= 0.3 is 0 Å². The highest BCUT2D eigenvalue weighted by molar-refractivity contribution is 7.98. The van der Waals surface area contributed by atoms with Gasteiger partial charge in [0.2, 0.25) is 10.0 Å². The molecule has 1 atom stereocenters. The number of nitrogens with one attached hydrogen (secondary N) is 2. The molecular weight excluding hydrogens is 256 g/mol. The number of hydrogen-bond donors (Lipinski definition) is 2. The van der Waals surface area contributed by atoms with Gasteiger partial charge in [-0.3, -0.25) is 4.72 Å². The fourth-order valence-corrected chi connectivity index (χ4v) is 2.78. The molecule has 1 unspecified atom stereocenters. The molecule has 2 N–H and O–H groups in total. The molecule has 17 heavy (non-hydrogen) atoms. The van der Waals surface area contributed by atoms with Gasteiger partial charge in [-0.25, -0.2) is 8.42 Å². The van der Waals surface area contributed by atoms with Crippen LogP contribution in [0.1, 0.15) is 6.92 Å². The molecule has 0 aliphatic rings. The third-order valence-electron chi connectivity index (χ3n) is 2.37. The number of sulfonamides is 1. The summed E-state index contributed by atoms with van der Waals surface area (Å²) in [6.07, 6.45) is 1.98. The second-order valence-corrected chi connectivity index (χ2v) is 6.72. The fourth-order valence-electron chi connectivity index (χ4n) is 1.32. The van der Waals surface area contributed by atoms with Crippen LogP contribution in [0.15, 0.2) is 29.2 Å². The fraction of sp³-hybridized carbons (Fsp3) is 0.455. The first-order chi connectivity index (χ1) is 7.99. The minimum atomic E-state index is -3.31. The van der Waals surface area contributed by atoms with Crippen LogP contribution in [0.3, 0.4) is 0 Å². The lowest BCUT2D eigenvalue weighted by atomic mass is 10.3. The quantitative estimate of drug-likeness (QED) is 0.776. The number of benzene rings is 1. The monoisotopic (exact) mass is 274 g/mol. The first-order valence-electron chi connectivity index (χ1n) is 5.30. The highest BCUT2D eigenvalue weighted by Crippen LogP contribution is 2.18. The van der Waals surface area contributed by atoms with E-state index in [0.29, 0.717) is 12.2 Å². The van der Waals surface area contributed by atoms with Crippen molar-refractivity contribution < 1.29 is 8.42 Å². The SMILES string of the molecule is CNCC(C)S(=O)(=O)Nc1ccc(SC)cc1. The molecule has 0 radical (unpaired) electrons. The van der Waals surface area contributed by atoms with E-state index >= 15 is 0 Å². The van der Waals surface area contributed by atoms with Crippen molar-refractivity contribution in [2.75, 3.05) is 24.6 Å². The highest BCUT2D eigenvalue weighted by Gasteiger charge is 2.19. The van der Waals surface area contributed by atoms with Crippen LogP contribution in [-0.4, -0.2) is 33.5 Å². The van der Waals surface area contributed by atoms with Crippen LogP contribution >= 0.6 is 11.8 Å². The van der Waals surface area contributed by atoms with Crippen molar-refractivity contribution in [1.82, 2.24) is 5.32 Å². The lowest BCUT2D eigenvalue weighted by Gasteiger charge is -2.14. The molecule has 6 heteroatoms. The molecule has 1 aromatic carbocycles. The average Bonchev–Trinajstić information content (AvgIpc) is 2.30. The summed E-state index contributed by atoms with van der Waals surface area (Å²) in [7, 11) is -1.58. The molecule has 0 amide bonds. The predicted molar refractivity (Wildman–Crippen MR) is 74.2 cm³/mol.